The van der Waals surface area contributed by atoms with E-state index < -0.39 is 0 Å². The molecule has 0 fully saturated rings. The minimum atomic E-state index is 0.177. The van der Waals surface area contributed by atoms with E-state index in [2.05, 4.69) is 63.3 Å². The van der Waals surface area contributed by atoms with Crippen molar-refractivity contribution >= 4 is 0 Å². The van der Waals surface area contributed by atoms with E-state index in [0.717, 1.165) is 18.8 Å². The molecule has 112 valence electrons. The molecular formula is C19H25NO. The second-order valence-corrected chi connectivity index (χ2v) is 5.59. The Bertz CT molecular complexity index is 590. The van der Waals surface area contributed by atoms with E-state index >= 15 is 0 Å². The Labute approximate surface area is 128 Å². The Morgan fingerprint density at radius 2 is 1.81 bits per heavy atom. The van der Waals surface area contributed by atoms with Crippen molar-refractivity contribution in [2.45, 2.75) is 40.3 Å². The van der Waals surface area contributed by atoms with Crippen LogP contribution in [-0.2, 0) is 6.54 Å². The van der Waals surface area contributed by atoms with Gasteiger partial charge in [-0.05, 0) is 56.1 Å². The maximum Gasteiger partial charge on any atom is 0.127 e. The Morgan fingerprint density at radius 3 is 2.52 bits per heavy atom. The first-order chi connectivity index (χ1) is 10.1. The van der Waals surface area contributed by atoms with Crippen molar-refractivity contribution in [1.29, 1.82) is 0 Å². The minimum Gasteiger partial charge on any atom is -0.490 e. The van der Waals surface area contributed by atoms with Gasteiger partial charge in [-0.2, -0.15) is 0 Å². The molecule has 2 aromatic rings. The van der Waals surface area contributed by atoms with Gasteiger partial charge in [0, 0.05) is 12.1 Å². The number of hydrogen-bond donors (Lipinski definition) is 1. The second-order valence-electron chi connectivity index (χ2n) is 5.59. The van der Waals surface area contributed by atoms with E-state index in [0.29, 0.717) is 0 Å². The largest absolute Gasteiger partial charge is 0.490 e. The van der Waals surface area contributed by atoms with E-state index in [9.17, 15) is 0 Å². The van der Waals surface area contributed by atoms with Gasteiger partial charge in [0.25, 0.3) is 0 Å². The number of nitrogens with one attached hydrogen (secondary N) is 1. The third-order valence-corrected chi connectivity index (χ3v) is 3.42. The smallest absolute Gasteiger partial charge is 0.127 e. The van der Waals surface area contributed by atoms with E-state index in [4.69, 9.17) is 4.74 Å². The van der Waals surface area contributed by atoms with Crippen molar-refractivity contribution in [3.8, 4) is 16.9 Å². The molecular weight excluding hydrogens is 258 g/mol. The lowest BCUT2D eigenvalue weighted by Gasteiger charge is -2.16. The summed E-state index contributed by atoms with van der Waals surface area (Å²) in [5.41, 5.74) is 5.00. The van der Waals surface area contributed by atoms with Crippen molar-refractivity contribution < 1.29 is 4.74 Å². The predicted octanol–water partition coefficient (Wildman–Crippen LogP) is 4.56. The molecule has 2 nitrogen and oxygen atoms in total. The summed E-state index contributed by atoms with van der Waals surface area (Å²) in [4.78, 5) is 0. The first kappa shape index (κ1) is 15.6. The van der Waals surface area contributed by atoms with Crippen molar-refractivity contribution in [3.63, 3.8) is 0 Å². The maximum atomic E-state index is 5.96. The van der Waals surface area contributed by atoms with Gasteiger partial charge in [-0.3, -0.25) is 0 Å². The van der Waals surface area contributed by atoms with Crippen molar-refractivity contribution in [3.05, 3.63) is 53.6 Å². The molecule has 0 heterocycles. The summed E-state index contributed by atoms with van der Waals surface area (Å²) in [6.07, 6.45) is 0.177. The third kappa shape index (κ3) is 4.08. The van der Waals surface area contributed by atoms with Crippen molar-refractivity contribution in [2.75, 3.05) is 6.54 Å². The molecule has 2 aromatic carbocycles. The van der Waals surface area contributed by atoms with Gasteiger partial charge in [-0.15, -0.1) is 0 Å². The zero-order chi connectivity index (χ0) is 15.2. The fourth-order valence-corrected chi connectivity index (χ4v) is 2.38. The van der Waals surface area contributed by atoms with Crippen LogP contribution in [0.15, 0.2) is 42.5 Å². The molecule has 2 heteroatoms. The Morgan fingerprint density at radius 1 is 1.05 bits per heavy atom. The van der Waals surface area contributed by atoms with Crippen LogP contribution in [0.2, 0.25) is 0 Å². The quantitative estimate of drug-likeness (QED) is 0.839. The molecule has 0 aliphatic rings. The van der Waals surface area contributed by atoms with Gasteiger partial charge in [0.2, 0.25) is 0 Å². The van der Waals surface area contributed by atoms with E-state index in [1.54, 1.807) is 0 Å². The molecule has 0 spiro atoms. The van der Waals surface area contributed by atoms with Crippen LogP contribution in [0.5, 0.6) is 5.75 Å². The summed E-state index contributed by atoms with van der Waals surface area (Å²) < 4.78 is 5.96. The van der Waals surface area contributed by atoms with Crippen LogP contribution < -0.4 is 10.1 Å². The van der Waals surface area contributed by atoms with Gasteiger partial charge in [0.1, 0.15) is 5.75 Å². The Balaban J connectivity index is 2.41. The summed E-state index contributed by atoms with van der Waals surface area (Å²) in [7, 11) is 0. The van der Waals surface area contributed by atoms with Gasteiger partial charge in [-0.1, -0.05) is 37.3 Å². The van der Waals surface area contributed by atoms with E-state index in [1.807, 2.05) is 12.1 Å². The number of hydrogen-bond acceptors (Lipinski definition) is 2. The molecule has 0 aliphatic carbocycles. The lowest BCUT2D eigenvalue weighted by atomic mass is 9.97. The highest BCUT2D eigenvalue weighted by Crippen LogP contribution is 2.33. The average Bonchev–Trinajstić information content (AvgIpc) is 2.47. The normalized spacial score (nSPS) is 10.9. The molecule has 1 N–H and O–H groups in total. The lowest BCUT2D eigenvalue weighted by Crippen LogP contribution is -2.11. The number of ether oxygens (including phenoxy) is 1. The predicted molar refractivity (Wildman–Crippen MR) is 89.8 cm³/mol. The highest BCUT2D eigenvalue weighted by atomic mass is 16.5. The Hall–Kier alpha value is -1.80. The van der Waals surface area contributed by atoms with Crippen LogP contribution in [0.4, 0.5) is 0 Å². The lowest BCUT2D eigenvalue weighted by molar-refractivity contribution is 0.243. The maximum absolute atomic E-state index is 5.96. The van der Waals surface area contributed by atoms with Crippen molar-refractivity contribution in [2.24, 2.45) is 0 Å². The monoisotopic (exact) mass is 283 g/mol. The van der Waals surface area contributed by atoms with Gasteiger partial charge in [0.05, 0.1) is 6.10 Å². The van der Waals surface area contributed by atoms with E-state index in [1.165, 1.54) is 22.3 Å². The average molecular weight is 283 g/mol. The molecule has 0 saturated heterocycles. The molecule has 0 saturated carbocycles. The molecule has 0 atom stereocenters. The number of para-hydroxylation sites is 1. The molecule has 0 aromatic heterocycles. The molecule has 0 unspecified atom stereocenters. The SMILES string of the molecule is CCNCc1ccc(C)c(-c2ccccc2OC(C)C)c1. The third-order valence-electron chi connectivity index (χ3n) is 3.42. The van der Waals surface area contributed by atoms with Gasteiger partial charge in [0.15, 0.2) is 0 Å². The van der Waals surface area contributed by atoms with Gasteiger partial charge in [-0.25, -0.2) is 0 Å². The second kappa shape index (κ2) is 7.28. The summed E-state index contributed by atoms with van der Waals surface area (Å²) in [6.45, 7) is 10.3. The molecule has 0 aliphatic heterocycles. The van der Waals surface area contributed by atoms with Gasteiger partial charge >= 0.3 is 0 Å². The molecule has 0 amide bonds. The standard InChI is InChI=1S/C19H25NO/c1-5-20-13-16-11-10-15(4)18(12-16)17-8-6-7-9-19(17)21-14(2)3/h6-12,14,20H,5,13H2,1-4H3. The molecule has 0 radical (unpaired) electrons. The number of rotatable bonds is 6. The number of benzene rings is 2. The number of aryl methyl sites for hydroxylation is 1. The first-order valence-corrected chi connectivity index (χ1v) is 7.68. The van der Waals surface area contributed by atoms with Crippen LogP contribution in [0.25, 0.3) is 11.1 Å². The zero-order valence-electron chi connectivity index (χ0n) is 13.4. The fourth-order valence-electron chi connectivity index (χ4n) is 2.38. The summed E-state index contributed by atoms with van der Waals surface area (Å²) >= 11 is 0. The van der Waals surface area contributed by atoms with Crippen LogP contribution >= 0.6 is 0 Å². The zero-order valence-corrected chi connectivity index (χ0v) is 13.4. The molecule has 2 rings (SSSR count). The molecule has 0 bridgehead atoms. The first-order valence-electron chi connectivity index (χ1n) is 7.68. The Kier molecular flexibility index (Phi) is 5.40. The highest BCUT2D eigenvalue weighted by molar-refractivity contribution is 5.73. The van der Waals surface area contributed by atoms with Crippen LogP contribution in [-0.4, -0.2) is 12.6 Å². The highest BCUT2D eigenvalue weighted by Gasteiger charge is 2.10. The summed E-state index contributed by atoms with van der Waals surface area (Å²) in [5, 5.41) is 3.38. The summed E-state index contributed by atoms with van der Waals surface area (Å²) in [6, 6.07) is 14.9. The van der Waals surface area contributed by atoms with Crippen LogP contribution in [0, 0.1) is 6.92 Å². The fraction of sp³-hybridized carbons (Fsp3) is 0.368. The summed E-state index contributed by atoms with van der Waals surface area (Å²) in [5.74, 6) is 0.955. The van der Waals surface area contributed by atoms with Crippen LogP contribution in [0.1, 0.15) is 31.9 Å². The minimum absolute atomic E-state index is 0.177. The topological polar surface area (TPSA) is 21.3 Å². The van der Waals surface area contributed by atoms with Gasteiger partial charge < -0.3 is 10.1 Å². The van der Waals surface area contributed by atoms with Crippen LogP contribution in [0.3, 0.4) is 0 Å². The van der Waals surface area contributed by atoms with Crippen molar-refractivity contribution in [1.82, 2.24) is 5.32 Å². The molecule has 21 heavy (non-hydrogen) atoms. The van der Waals surface area contributed by atoms with E-state index in [-0.39, 0.29) is 6.10 Å².